The number of sulfonamides is 1. The second-order valence-corrected chi connectivity index (χ2v) is 9.87. The lowest BCUT2D eigenvalue weighted by Gasteiger charge is -2.25. The van der Waals surface area contributed by atoms with E-state index in [1.807, 2.05) is 6.92 Å². The van der Waals surface area contributed by atoms with Gasteiger partial charge in [-0.1, -0.05) is 58.6 Å². The molecule has 0 bridgehead atoms. The van der Waals surface area contributed by atoms with Crippen molar-refractivity contribution < 1.29 is 17.9 Å². The number of carbonyl (C=O) groups excluding carboxylic acids is 1. The molecule has 0 aliphatic carbocycles. The maximum Gasteiger partial charge on any atom is 0.264 e. The average Bonchev–Trinajstić information content (AvgIpc) is 2.75. The molecule has 0 fully saturated rings. The second kappa shape index (κ2) is 10.0. The van der Waals surface area contributed by atoms with E-state index in [1.54, 1.807) is 30.3 Å². The first-order valence-electron chi connectivity index (χ1n) is 9.30. The highest BCUT2D eigenvalue weighted by Crippen LogP contribution is 2.33. The molecule has 0 aliphatic heterocycles. The standard InChI is InChI=1S/C22H19Cl3N2O4S/c1-14-6-9-16(10-7-14)32(29,30)27(15-8-11-20(31-2)19(25)12-15)13-21(28)26-22-17(23)4-3-5-18(22)24/h3-12H,13H2,1-2H3,(H,26,28). The molecule has 0 saturated carbocycles. The van der Waals surface area contributed by atoms with Gasteiger partial charge in [-0.3, -0.25) is 9.10 Å². The molecule has 6 nitrogen and oxygen atoms in total. The molecule has 0 radical (unpaired) electrons. The Morgan fingerprint density at radius 3 is 2.16 bits per heavy atom. The van der Waals surface area contributed by atoms with E-state index in [2.05, 4.69) is 5.32 Å². The van der Waals surface area contributed by atoms with Crippen molar-refractivity contribution in [1.29, 1.82) is 0 Å². The number of benzene rings is 3. The Morgan fingerprint density at radius 1 is 0.969 bits per heavy atom. The number of halogens is 3. The summed E-state index contributed by atoms with van der Waals surface area (Å²) in [5, 5.41) is 3.24. The van der Waals surface area contributed by atoms with Gasteiger partial charge in [0.25, 0.3) is 10.0 Å². The van der Waals surface area contributed by atoms with Crippen LogP contribution in [0, 0.1) is 6.92 Å². The molecule has 0 spiro atoms. The molecule has 1 amide bonds. The topological polar surface area (TPSA) is 75.7 Å². The minimum absolute atomic E-state index is 0.0265. The zero-order chi connectivity index (χ0) is 23.5. The Balaban J connectivity index is 2.01. The van der Waals surface area contributed by atoms with Crippen molar-refractivity contribution >= 4 is 62.1 Å². The van der Waals surface area contributed by atoms with Crippen molar-refractivity contribution in [1.82, 2.24) is 0 Å². The van der Waals surface area contributed by atoms with Crippen molar-refractivity contribution in [2.75, 3.05) is 23.3 Å². The first kappa shape index (κ1) is 24.2. The third-order valence-electron chi connectivity index (χ3n) is 4.55. The van der Waals surface area contributed by atoms with Crippen LogP contribution in [0.5, 0.6) is 5.75 Å². The normalized spacial score (nSPS) is 11.2. The van der Waals surface area contributed by atoms with Gasteiger partial charge in [0.2, 0.25) is 5.91 Å². The summed E-state index contributed by atoms with van der Waals surface area (Å²) in [4.78, 5) is 12.9. The molecule has 0 aliphatic rings. The zero-order valence-electron chi connectivity index (χ0n) is 17.1. The Labute approximate surface area is 201 Å². The maximum absolute atomic E-state index is 13.5. The molecule has 3 aromatic carbocycles. The number of hydrogen-bond donors (Lipinski definition) is 1. The summed E-state index contributed by atoms with van der Waals surface area (Å²) >= 11 is 18.5. The number of anilines is 2. The van der Waals surface area contributed by atoms with Gasteiger partial charge in [-0.05, 0) is 49.4 Å². The molecular formula is C22H19Cl3N2O4S. The van der Waals surface area contributed by atoms with Crippen LogP contribution in [0.4, 0.5) is 11.4 Å². The number of nitrogens with zero attached hydrogens (tertiary/aromatic N) is 1. The number of ether oxygens (including phenoxy) is 1. The van der Waals surface area contributed by atoms with E-state index in [-0.39, 0.29) is 31.3 Å². The van der Waals surface area contributed by atoms with Gasteiger partial charge >= 0.3 is 0 Å². The van der Waals surface area contributed by atoms with Crippen LogP contribution in [0.1, 0.15) is 5.56 Å². The summed E-state index contributed by atoms with van der Waals surface area (Å²) in [7, 11) is -2.66. The number of para-hydroxylation sites is 1. The molecule has 0 saturated heterocycles. The smallest absolute Gasteiger partial charge is 0.264 e. The van der Waals surface area contributed by atoms with E-state index < -0.39 is 22.5 Å². The summed E-state index contributed by atoms with van der Waals surface area (Å²) in [5.74, 6) is -0.266. The van der Waals surface area contributed by atoms with Gasteiger partial charge in [-0.2, -0.15) is 0 Å². The summed E-state index contributed by atoms with van der Waals surface area (Å²) in [6, 6.07) is 15.5. The molecular weight excluding hydrogens is 495 g/mol. The summed E-state index contributed by atoms with van der Waals surface area (Å²) in [6.45, 7) is 1.30. The molecule has 0 heterocycles. The van der Waals surface area contributed by atoms with Gasteiger partial charge in [0.1, 0.15) is 12.3 Å². The van der Waals surface area contributed by atoms with Gasteiger partial charge in [0.15, 0.2) is 0 Å². The minimum atomic E-state index is -4.11. The Morgan fingerprint density at radius 2 is 1.59 bits per heavy atom. The molecule has 1 N–H and O–H groups in total. The van der Waals surface area contributed by atoms with E-state index >= 15 is 0 Å². The first-order chi connectivity index (χ1) is 15.1. The predicted octanol–water partition coefficient (Wildman–Crippen LogP) is 5.80. The fraction of sp³-hybridized carbons (Fsp3) is 0.136. The summed E-state index contributed by atoms with van der Waals surface area (Å²) in [6.07, 6.45) is 0. The highest BCUT2D eigenvalue weighted by molar-refractivity contribution is 7.92. The fourth-order valence-corrected chi connectivity index (χ4v) is 5.05. The zero-order valence-corrected chi connectivity index (χ0v) is 20.2. The van der Waals surface area contributed by atoms with Crippen molar-refractivity contribution in [2.45, 2.75) is 11.8 Å². The number of aryl methyl sites for hydroxylation is 1. The van der Waals surface area contributed by atoms with Crippen molar-refractivity contribution in [3.8, 4) is 5.75 Å². The van der Waals surface area contributed by atoms with Crippen LogP contribution in [0.3, 0.4) is 0 Å². The third-order valence-corrected chi connectivity index (χ3v) is 7.26. The fourth-order valence-electron chi connectivity index (χ4n) is 2.89. The van der Waals surface area contributed by atoms with Crippen molar-refractivity contribution in [2.24, 2.45) is 0 Å². The van der Waals surface area contributed by atoms with Gasteiger partial charge in [-0.15, -0.1) is 0 Å². The van der Waals surface area contributed by atoms with Gasteiger partial charge in [0, 0.05) is 0 Å². The average molecular weight is 514 g/mol. The number of methoxy groups -OCH3 is 1. The van der Waals surface area contributed by atoms with Crippen LogP contribution in [-0.2, 0) is 14.8 Å². The van der Waals surface area contributed by atoms with Crippen LogP contribution in [0.25, 0.3) is 0 Å². The molecule has 0 unspecified atom stereocenters. The number of hydrogen-bond acceptors (Lipinski definition) is 4. The van der Waals surface area contributed by atoms with Crippen LogP contribution in [0.2, 0.25) is 15.1 Å². The number of rotatable bonds is 7. The molecule has 3 aromatic rings. The van der Waals surface area contributed by atoms with Crippen LogP contribution >= 0.6 is 34.8 Å². The minimum Gasteiger partial charge on any atom is -0.495 e. The molecule has 0 aromatic heterocycles. The lowest BCUT2D eigenvalue weighted by Crippen LogP contribution is -2.38. The van der Waals surface area contributed by atoms with Crippen molar-refractivity contribution in [3.63, 3.8) is 0 Å². The predicted molar refractivity (Wildman–Crippen MR) is 129 cm³/mol. The summed E-state index contributed by atoms with van der Waals surface area (Å²) in [5.41, 5.74) is 1.28. The van der Waals surface area contributed by atoms with E-state index in [4.69, 9.17) is 39.5 Å². The quantitative estimate of drug-likeness (QED) is 0.433. The molecule has 10 heteroatoms. The molecule has 0 atom stereocenters. The van der Waals surface area contributed by atoms with E-state index in [0.29, 0.717) is 5.75 Å². The lowest BCUT2D eigenvalue weighted by atomic mass is 10.2. The largest absolute Gasteiger partial charge is 0.495 e. The van der Waals surface area contributed by atoms with Crippen LogP contribution < -0.4 is 14.4 Å². The summed E-state index contributed by atoms with van der Waals surface area (Å²) < 4.78 is 33.0. The van der Waals surface area contributed by atoms with E-state index in [0.717, 1.165) is 9.87 Å². The van der Waals surface area contributed by atoms with Crippen LogP contribution in [0.15, 0.2) is 65.6 Å². The monoisotopic (exact) mass is 512 g/mol. The van der Waals surface area contributed by atoms with Gasteiger partial charge in [0.05, 0.1) is 38.4 Å². The second-order valence-electron chi connectivity index (χ2n) is 6.79. The van der Waals surface area contributed by atoms with Crippen molar-refractivity contribution in [3.05, 3.63) is 81.3 Å². The van der Waals surface area contributed by atoms with Gasteiger partial charge in [-0.25, -0.2) is 8.42 Å². The Kier molecular flexibility index (Phi) is 7.56. The first-order valence-corrected chi connectivity index (χ1v) is 11.9. The molecule has 168 valence electrons. The Hall–Kier alpha value is -2.45. The third kappa shape index (κ3) is 5.30. The molecule has 3 rings (SSSR count). The number of amides is 1. The Bertz CT molecular complexity index is 1230. The molecule has 32 heavy (non-hydrogen) atoms. The highest BCUT2D eigenvalue weighted by Gasteiger charge is 2.28. The lowest BCUT2D eigenvalue weighted by molar-refractivity contribution is -0.114. The number of nitrogens with one attached hydrogen (secondary N) is 1. The van der Waals surface area contributed by atoms with Crippen LogP contribution in [-0.4, -0.2) is 28.0 Å². The van der Waals surface area contributed by atoms with E-state index in [9.17, 15) is 13.2 Å². The van der Waals surface area contributed by atoms with E-state index in [1.165, 1.54) is 37.4 Å². The SMILES string of the molecule is COc1ccc(N(CC(=O)Nc2c(Cl)cccc2Cl)S(=O)(=O)c2ccc(C)cc2)cc1Cl. The maximum atomic E-state index is 13.5. The van der Waals surface area contributed by atoms with Gasteiger partial charge < -0.3 is 10.1 Å². The highest BCUT2D eigenvalue weighted by atomic mass is 35.5. The number of carbonyl (C=O) groups is 1.